The monoisotopic (exact) mass is 987 g/mol. The second kappa shape index (κ2) is 23.4. The normalized spacial score (nSPS) is 17.0. The van der Waals surface area contributed by atoms with Crippen molar-refractivity contribution in [1.82, 2.24) is 35.2 Å². The Bertz CT molecular complexity index is 2680. The van der Waals surface area contributed by atoms with Gasteiger partial charge in [-0.25, -0.2) is 0 Å². The number of hydrogen-bond acceptors (Lipinski definition) is 13. The molecule has 1 saturated heterocycles. The molecule has 0 radical (unpaired) electrons. The summed E-state index contributed by atoms with van der Waals surface area (Å²) in [6.07, 6.45) is 3.40. The maximum atomic E-state index is 13.5. The first-order chi connectivity index (χ1) is 34.8. The summed E-state index contributed by atoms with van der Waals surface area (Å²) in [6.45, 7) is 4.67. The first kappa shape index (κ1) is 51.3. The number of carbonyl (C=O) groups excluding carboxylic acids is 8. The molecule has 380 valence electrons. The molecule has 20 nitrogen and oxygen atoms in total. The minimum atomic E-state index is -1.11. The molecule has 3 aromatic carbocycles. The van der Waals surface area contributed by atoms with Gasteiger partial charge in [0.2, 0.25) is 23.6 Å². The maximum absolute atomic E-state index is 13.5. The van der Waals surface area contributed by atoms with E-state index < -0.39 is 35.6 Å². The van der Waals surface area contributed by atoms with Gasteiger partial charge in [-0.3, -0.25) is 53.5 Å². The number of rotatable bonds is 23. The summed E-state index contributed by atoms with van der Waals surface area (Å²) >= 11 is 0. The molecule has 1 atom stereocenters. The SMILES string of the molecule is CN(C)C(=O)c1ccc(CN2CCn3c(C(=O)NCc4ccc(NC(=O)CCOCCOCCOCCNCC(=O)Nc5cccc6c5C(=O)N(C5CCC(=O)NC5=O)C6=O)cc4)ccc3C23CCC3)cc1. The molecule has 1 saturated carbocycles. The summed E-state index contributed by atoms with van der Waals surface area (Å²) in [5, 5.41) is 13.7. The van der Waals surface area contributed by atoms with Gasteiger partial charge in [0.25, 0.3) is 23.6 Å². The van der Waals surface area contributed by atoms with Crippen molar-refractivity contribution in [1.29, 1.82) is 0 Å². The van der Waals surface area contributed by atoms with E-state index in [4.69, 9.17) is 14.2 Å². The summed E-state index contributed by atoms with van der Waals surface area (Å²) in [7, 11) is 3.50. The standard InChI is InChI=1S/C52H61N9O11/c1-58(2)49(67)36-11-7-35(8-12-36)33-59-23-24-60-40(15-17-42(60)52(59)20-4-21-52)47(65)54-31-34-9-13-37(14-10-34)55-44(63)19-25-70-27-29-72-30-28-71-26-22-53-32-45(64)56-39-6-3-5-38-46(39)51(69)61(50(38)68)41-16-18-43(62)57-48(41)66/h3,5-15,17,41,53H,4,16,18-33H2,1-2H3,(H,54,65)(H,55,63)(H,56,64)(H,57,62,66). The molecule has 1 aliphatic carbocycles. The Balaban J connectivity index is 0.651. The van der Waals surface area contributed by atoms with E-state index in [2.05, 4.69) is 42.1 Å². The van der Waals surface area contributed by atoms with Gasteiger partial charge in [0.1, 0.15) is 11.7 Å². The van der Waals surface area contributed by atoms with Gasteiger partial charge in [0.15, 0.2) is 0 Å². The predicted molar refractivity (Wildman–Crippen MR) is 263 cm³/mol. The molecule has 8 rings (SSSR count). The zero-order chi connectivity index (χ0) is 50.8. The summed E-state index contributed by atoms with van der Waals surface area (Å²) < 4.78 is 18.8. The number of nitrogens with zero attached hydrogens (tertiary/aromatic N) is 4. The second-order valence-corrected chi connectivity index (χ2v) is 18.4. The van der Waals surface area contributed by atoms with Gasteiger partial charge >= 0.3 is 0 Å². The smallest absolute Gasteiger partial charge is 0.268 e. The van der Waals surface area contributed by atoms with Gasteiger partial charge < -0.3 is 44.9 Å². The first-order valence-electron chi connectivity index (χ1n) is 24.3. The quantitative estimate of drug-likeness (QED) is 0.0532. The molecule has 4 aromatic rings. The highest BCUT2D eigenvalue weighted by atomic mass is 16.5. The van der Waals surface area contributed by atoms with Crippen LogP contribution in [0, 0.1) is 0 Å². The molecular weight excluding hydrogens is 927 g/mol. The summed E-state index contributed by atoms with van der Waals surface area (Å²) in [4.78, 5) is 106. The van der Waals surface area contributed by atoms with Crippen LogP contribution < -0.4 is 26.6 Å². The van der Waals surface area contributed by atoms with Crippen LogP contribution in [0.1, 0.15) is 96.9 Å². The lowest BCUT2D eigenvalue weighted by Crippen LogP contribution is -2.56. The largest absolute Gasteiger partial charge is 0.379 e. The van der Waals surface area contributed by atoms with Crippen molar-refractivity contribution in [2.75, 3.05) is 84.0 Å². The molecule has 1 unspecified atom stereocenters. The van der Waals surface area contributed by atoms with Crippen LogP contribution in [0.25, 0.3) is 0 Å². The number of hydrogen-bond donors (Lipinski definition) is 5. The van der Waals surface area contributed by atoms with Crippen molar-refractivity contribution in [3.63, 3.8) is 0 Å². The number of benzene rings is 3. The fraction of sp³-hybridized carbons (Fsp3) is 0.423. The van der Waals surface area contributed by atoms with Crippen LogP contribution in [0.15, 0.2) is 78.9 Å². The van der Waals surface area contributed by atoms with Gasteiger partial charge in [0, 0.05) is 70.2 Å². The van der Waals surface area contributed by atoms with Crippen molar-refractivity contribution in [3.8, 4) is 0 Å². The molecule has 5 N–H and O–H groups in total. The molecule has 1 aromatic heterocycles. The predicted octanol–water partition coefficient (Wildman–Crippen LogP) is 3.02. The number of amides is 8. The minimum absolute atomic E-state index is 0.00140. The highest BCUT2D eigenvalue weighted by Crippen LogP contribution is 2.49. The van der Waals surface area contributed by atoms with Crippen LogP contribution in [0.5, 0.6) is 0 Å². The Morgan fingerprint density at radius 3 is 2.17 bits per heavy atom. The number of aromatic nitrogens is 1. The highest BCUT2D eigenvalue weighted by molar-refractivity contribution is 6.26. The Morgan fingerprint density at radius 2 is 1.47 bits per heavy atom. The van der Waals surface area contributed by atoms with Crippen LogP contribution in [0.2, 0.25) is 0 Å². The van der Waals surface area contributed by atoms with Crippen molar-refractivity contribution >= 4 is 58.6 Å². The van der Waals surface area contributed by atoms with Gasteiger partial charge in [0.05, 0.1) is 75.0 Å². The zero-order valence-corrected chi connectivity index (χ0v) is 40.6. The van der Waals surface area contributed by atoms with Crippen LogP contribution in [0.3, 0.4) is 0 Å². The van der Waals surface area contributed by atoms with Crippen molar-refractivity contribution in [2.24, 2.45) is 0 Å². The van der Waals surface area contributed by atoms with Gasteiger partial charge in [-0.05, 0) is 85.3 Å². The van der Waals surface area contributed by atoms with Gasteiger partial charge in [-0.1, -0.05) is 30.3 Å². The van der Waals surface area contributed by atoms with E-state index in [-0.39, 0.29) is 72.5 Å². The molecule has 3 aliphatic heterocycles. The fourth-order valence-electron chi connectivity index (χ4n) is 9.52. The Morgan fingerprint density at radius 1 is 0.764 bits per heavy atom. The molecular formula is C52H61N9O11. The van der Waals surface area contributed by atoms with Crippen LogP contribution >= 0.6 is 0 Å². The number of nitrogens with one attached hydrogen (secondary N) is 5. The molecule has 4 heterocycles. The number of ether oxygens (including phenoxy) is 3. The number of imide groups is 2. The maximum Gasteiger partial charge on any atom is 0.268 e. The van der Waals surface area contributed by atoms with Gasteiger partial charge in [-0.15, -0.1) is 0 Å². The van der Waals surface area contributed by atoms with Crippen molar-refractivity contribution in [2.45, 2.75) is 69.7 Å². The van der Waals surface area contributed by atoms with E-state index in [1.165, 1.54) is 23.9 Å². The van der Waals surface area contributed by atoms with E-state index in [1.54, 1.807) is 31.1 Å². The lowest BCUT2D eigenvalue weighted by Gasteiger charge is -2.53. The molecule has 72 heavy (non-hydrogen) atoms. The third kappa shape index (κ3) is 11.8. The lowest BCUT2D eigenvalue weighted by molar-refractivity contribution is -0.136. The van der Waals surface area contributed by atoms with E-state index in [1.807, 2.05) is 42.5 Å². The van der Waals surface area contributed by atoms with Crippen LogP contribution in [0.4, 0.5) is 11.4 Å². The molecule has 20 heteroatoms. The third-order valence-corrected chi connectivity index (χ3v) is 13.4. The summed E-state index contributed by atoms with van der Waals surface area (Å²) in [6, 6.07) is 22.6. The topological polar surface area (TPSA) is 239 Å². The summed E-state index contributed by atoms with van der Waals surface area (Å²) in [5.41, 5.74) is 5.30. The molecule has 1 spiro atoms. The third-order valence-electron chi connectivity index (χ3n) is 13.4. The van der Waals surface area contributed by atoms with Crippen LogP contribution in [-0.4, -0.2) is 146 Å². The minimum Gasteiger partial charge on any atom is -0.379 e. The van der Waals surface area contributed by atoms with E-state index >= 15 is 0 Å². The molecule has 2 fully saturated rings. The van der Waals surface area contributed by atoms with Crippen molar-refractivity contribution in [3.05, 3.63) is 118 Å². The molecule has 8 amide bonds. The summed E-state index contributed by atoms with van der Waals surface area (Å²) in [5.74, 6) is -3.34. The average Bonchev–Trinajstić information content (AvgIpc) is 3.90. The van der Waals surface area contributed by atoms with E-state index in [0.717, 1.165) is 48.4 Å². The van der Waals surface area contributed by atoms with E-state index in [0.29, 0.717) is 69.6 Å². The number of anilines is 2. The lowest BCUT2D eigenvalue weighted by atomic mass is 9.71. The molecule has 4 aliphatic rings. The van der Waals surface area contributed by atoms with Crippen LogP contribution in [-0.2, 0) is 58.6 Å². The highest BCUT2D eigenvalue weighted by Gasteiger charge is 2.49. The second-order valence-electron chi connectivity index (χ2n) is 18.4. The Kier molecular flexibility index (Phi) is 16.7. The molecule has 0 bridgehead atoms. The van der Waals surface area contributed by atoms with Gasteiger partial charge in [-0.2, -0.15) is 0 Å². The number of fused-ring (bicyclic) bond motifs is 3. The Hall–Kier alpha value is -7.10. The average molecular weight is 988 g/mol. The first-order valence-corrected chi connectivity index (χ1v) is 24.3. The number of piperidine rings is 1. The van der Waals surface area contributed by atoms with E-state index in [9.17, 15) is 38.4 Å². The zero-order valence-electron chi connectivity index (χ0n) is 40.6. The Labute approximate surface area is 417 Å². The van der Waals surface area contributed by atoms with Crippen molar-refractivity contribution < 1.29 is 52.6 Å². The fourth-order valence-corrected chi connectivity index (χ4v) is 9.52. The number of carbonyl (C=O) groups is 8.